The Balaban J connectivity index is 1.35. The number of amidine groups is 1. The Morgan fingerprint density at radius 2 is 1.94 bits per heavy atom. The molecule has 0 aliphatic carbocycles. The van der Waals surface area contributed by atoms with Crippen molar-refractivity contribution in [2.45, 2.75) is 38.7 Å². The first kappa shape index (κ1) is 23.2. The van der Waals surface area contributed by atoms with Gasteiger partial charge in [0.15, 0.2) is 0 Å². The highest BCUT2D eigenvalue weighted by Gasteiger charge is 2.25. The summed E-state index contributed by atoms with van der Waals surface area (Å²) in [5.41, 5.74) is 2.24. The summed E-state index contributed by atoms with van der Waals surface area (Å²) in [5.74, 6) is 0.609. The van der Waals surface area contributed by atoms with Gasteiger partial charge in [-0.1, -0.05) is 18.2 Å². The highest BCUT2D eigenvalue weighted by atomic mass is 16.6. The Hall–Kier alpha value is -3.94. The van der Waals surface area contributed by atoms with E-state index in [1.165, 1.54) is 0 Å². The van der Waals surface area contributed by atoms with Gasteiger partial charge in [-0.2, -0.15) is 0 Å². The van der Waals surface area contributed by atoms with Crippen molar-refractivity contribution in [2.24, 2.45) is 0 Å². The van der Waals surface area contributed by atoms with Crippen LogP contribution in [0, 0.1) is 5.41 Å². The number of alkyl carbamates (subject to hydrolysis) is 1. The van der Waals surface area contributed by atoms with Crippen LogP contribution in [-0.2, 0) is 4.74 Å². The molecule has 0 saturated heterocycles. The largest absolute Gasteiger partial charge is 0.493 e. The first-order valence-electron chi connectivity index (χ1n) is 11.2. The standard InChI is InChI=1S/C26H28N4O4/c1-26(2,3)34-25(32)30-23(27)17-8-9-22-20(13-17)18(15-33-22)10-11-28-24(31)19-12-16-6-4-5-7-21(16)29-14-19/h4-9,12-14,18H,10-11,15H2,1-3H3,(H,28,31)(H2,27,30,32). The number of amides is 2. The molecule has 0 fully saturated rings. The molecule has 2 amide bonds. The molecule has 176 valence electrons. The zero-order valence-electron chi connectivity index (χ0n) is 19.5. The maximum Gasteiger partial charge on any atom is 0.413 e. The van der Waals surface area contributed by atoms with Crippen LogP contribution in [0.15, 0.2) is 54.7 Å². The van der Waals surface area contributed by atoms with Crippen LogP contribution >= 0.6 is 0 Å². The monoisotopic (exact) mass is 460 g/mol. The Morgan fingerprint density at radius 1 is 1.15 bits per heavy atom. The van der Waals surface area contributed by atoms with Crippen molar-refractivity contribution >= 4 is 28.7 Å². The molecule has 0 bridgehead atoms. The molecule has 2 heterocycles. The van der Waals surface area contributed by atoms with E-state index in [1.807, 2.05) is 36.4 Å². The molecule has 0 spiro atoms. The van der Waals surface area contributed by atoms with E-state index in [0.717, 1.165) is 22.2 Å². The molecule has 8 heteroatoms. The molecule has 2 aromatic carbocycles. The quantitative estimate of drug-likeness (QED) is 0.386. The molecule has 1 atom stereocenters. The fourth-order valence-corrected chi connectivity index (χ4v) is 3.81. The average molecular weight is 461 g/mol. The number of carbonyl (C=O) groups excluding carboxylic acids is 2. The lowest BCUT2D eigenvalue weighted by atomic mass is 9.96. The summed E-state index contributed by atoms with van der Waals surface area (Å²) in [4.78, 5) is 28.9. The third kappa shape index (κ3) is 5.51. The maximum atomic E-state index is 12.6. The number of para-hydroxylation sites is 1. The molecule has 1 aliphatic rings. The van der Waals surface area contributed by atoms with Crippen LogP contribution in [0.1, 0.15) is 54.6 Å². The van der Waals surface area contributed by atoms with Crippen LogP contribution in [0.3, 0.4) is 0 Å². The summed E-state index contributed by atoms with van der Waals surface area (Å²) in [7, 11) is 0. The summed E-state index contributed by atoms with van der Waals surface area (Å²) in [6, 6.07) is 14.9. The van der Waals surface area contributed by atoms with E-state index in [0.29, 0.717) is 30.7 Å². The fourth-order valence-electron chi connectivity index (χ4n) is 3.81. The van der Waals surface area contributed by atoms with E-state index >= 15 is 0 Å². The minimum Gasteiger partial charge on any atom is -0.493 e. The number of hydrogen-bond donors (Lipinski definition) is 3. The van der Waals surface area contributed by atoms with E-state index in [-0.39, 0.29) is 17.7 Å². The number of pyridine rings is 1. The van der Waals surface area contributed by atoms with Gasteiger partial charge in [0, 0.05) is 35.2 Å². The lowest BCUT2D eigenvalue weighted by Crippen LogP contribution is -2.36. The van der Waals surface area contributed by atoms with Crippen LogP contribution in [0.25, 0.3) is 10.9 Å². The van der Waals surface area contributed by atoms with Gasteiger partial charge >= 0.3 is 6.09 Å². The Morgan fingerprint density at radius 3 is 2.74 bits per heavy atom. The Bertz CT molecular complexity index is 1250. The predicted octanol–water partition coefficient (Wildman–Crippen LogP) is 4.38. The minimum absolute atomic E-state index is 0.0418. The van der Waals surface area contributed by atoms with E-state index < -0.39 is 11.7 Å². The Kier molecular flexibility index (Phi) is 6.49. The number of nitrogens with one attached hydrogen (secondary N) is 3. The van der Waals surface area contributed by atoms with E-state index in [1.54, 1.807) is 39.1 Å². The van der Waals surface area contributed by atoms with E-state index in [4.69, 9.17) is 14.9 Å². The molecule has 4 rings (SSSR count). The molecule has 3 aromatic rings. The minimum atomic E-state index is -0.670. The maximum absolute atomic E-state index is 12.6. The van der Waals surface area contributed by atoms with Gasteiger partial charge in [-0.25, -0.2) is 4.79 Å². The number of benzene rings is 2. The number of hydrogen-bond acceptors (Lipinski definition) is 6. The number of aromatic nitrogens is 1. The van der Waals surface area contributed by atoms with Gasteiger partial charge in [-0.15, -0.1) is 0 Å². The summed E-state index contributed by atoms with van der Waals surface area (Å²) in [6.45, 7) is 6.27. The van der Waals surface area contributed by atoms with Gasteiger partial charge in [0.1, 0.15) is 17.2 Å². The first-order chi connectivity index (χ1) is 16.2. The highest BCUT2D eigenvalue weighted by Crippen LogP contribution is 2.36. The zero-order valence-corrected chi connectivity index (χ0v) is 19.5. The van der Waals surface area contributed by atoms with Crippen LogP contribution in [0.4, 0.5) is 4.79 Å². The second kappa shape index (κ2) is 9.51. The van der Waals surface area contributed by atoms with Gasteiger partial charge in [0.25, 0.3) is 5.91 Å². The van der Waals surface area contributed by atoms with Gasteiger partial charge in [-0.05, 0) is 57.5 Å². The normalized spacial score (nSPS) is 14.7. The molecular formula is C26H28N4O4. The lowest BCUT2D eigenvalue weighted by Gasteiger charge is -2.20. The molecule has 1 unspecified atom stereocenters. The zero-order chi connectivity index (χ0) is 24.3. The third-order valence-electron chi connectivity index (χ3n) is 5.44. The van der Waals surface area contributed by atoms with Gasteiger partial charge in [0.2, 0.25) is 0 Å². The van der Waals surface area contributed by atoms with Gasteiger partial charge < -0.3 is 14.8 Å². The molecule has 1 aliphatic heterocycles. The molecule has 1 aromatic heterocycles. The molecular weight excluding hydrogens is 432 g/mol. The van der Waals surface area contributed by atoms with Crippen molar-refractivity contribution in [3.8, 4) is 5.75 Å². The van der Waals surface area contributed by atoms with Crippen LogP contribution in [0.5, 0.6) is 5.75 Å². The number of ether oxygens (including phenoxy) is 2. The number of rotatable bonds is 5. The number of carbonyl (C=O) groups is 2. The van der Waals surface area contributed by atoms with Crippen molar-refractivity contribution in [3.63, 3.8) is 0 Å². The highest BCUT2D eigenvalue weighted by molar-refractivity contribution is 6.04. The second-order valence-corrected chi connectivity index (χ2v) is 9.22. The number of nitrogens with zero attached hydrogens (tertiary/aromatic N) is 1. The van der Waals surface area contributed by atoms with Crippen LogP contribution < -0.4 is 15.4 Å². The first-order valence-corrected chi connectivity index (χ1v) is 11.2. The van der Waals surface area contributed by atoms with Gasteiger partial charge in [0.05, 0.1) is 17.7 Å². The van der Waals surface area contributed by atoms with E-state index in [9.17, 15) is 9.59 Å². The van der Waals surface area contributed by atoms with Crippen molar-refractivity contribution in [1.82, 2.24) is 15.6 Å². The summed E-state index contributed by atoms with van der Waals surface area (Å²) in [6.07, 6.45) is 1.59. The second-order valence-electron chi connectivity index (χ2n) is 9.22. The van der Waals surface area contributed by atoms with Crippen molar-refractivity contribution < 1.29 is 19.1 Å². The summed E-state index contributed by atoms with van der Waals surface area (Å²) >= 11 is 0. The van der Waals surface area contributed by atoms with Gasteiger partial charge in [-0.3, -0.25) is 20.5 Å². The summed E-state index contributed by atoms with van der Waals surface area (Å²) in [5, 5.41) is 14.6. The topological polar surface area (TPSA) is 113 Å². The van der Waals surface area contributed by atoms with Crippen molar-refractivity contribution in [2.75, 3.05) is 13.2 Å². The van der Waals surface area contributed by atoms with Crippen molar-refractivity contribution in [3.05, 3.63) is 71.4 Å². The SMILES string of the molecule is CC(C)(C)OC(=O)NC(=N)c1ccc2c(c1)C(CCNC(=O)c1cnc3ccccc3c1)CO2. The van der Waals surface area contributed by atoms with Crippen LogP contribution in [0.2, 0.25) is 0 Å². The van der Waals surface area contributed by atoms with E-state index in [2.05, 4.69) is 15.6 Å². The average Bonchev–Trinajstić information content (AvgIpc) is 3.19. The smallest absolute Gasteiger partial charge is 0.413 e. The lowest BCUT2D eigenvalue weighted by molar-refractivity contribution is 0.0563. The third-order valence-corrected chi connectivity index (χ3v) is 5.44. The molecule has 34 heavy (non-hydrogen) atoms. The fraction of sp³-hybridized carbons (Fsp3) is 0.308. The molecule has 8 nitrogen and oxygen atoms in total. The predicted molar refractivity (Wildman–Crippen MR) is 130 cm³/mol. The van der Waals surface area contributed by atoms with Crippen LogP contribution in [-0.4, -0.2) is 41.6 Å². The molecule has 0 radical (unpaired) electrons. The molecule has 3 N–H and O–H groups in total. The Labute approximate surface area is 198 Å². The van der Waals surface area contributed by atoms with Crippen molar-refractivity contribution in [1.29, 1.82) is 5.41 Å². The molecule has 0 saturated carbocycles. The summed E-state index contributed by atoms with van der Waals surface area (Å²) < 4.78 is 11.0. The number of fused-ring (bicyclic) bond motifs is 2.